The maximum Gasteiger partial charge on any atom is 0.0182 e. The number of hydrogen-bond acceptors (Lipinski definition) is 1. The summed E-state index contributed by atoms with van der Waals surface area (Å²) in [5.41, 5.74) is 7.62. The van der Waals surface area contributed by atoms with Crippen molar-refractivity contribution in [1.82, 2.24) is 0 Å². The lowest BCUT2D eigenvalue weighted by Crippen LogP contribution is -2.47. The monoisotopic (exact) mass is 518 g/mol. The highest BCUT2D eigenvalue weighted by atomic mass is 14.8. The Morgan fingerprint density at radius 1 is 0.270 bits per heavy atom. The van der Waals surface area contributed by atoms with Crippen LogP contribution in [-0.4, -0.2) is 5.54 Å². The zero-order valence-corrected chi connectivity index (χ0v) is 25.7. The van der Waals surface area contributed by atoms with Crippen molar-refractivity contribution >= 4 is 0 Å². The summed E-state index contributed by atoms with van der Waals surface area (Å²) in [6, 6.07) is 0. The Morgan fingerprint density at radius 2 is 0.459 bits per heavy atom. The van der Waals surface area contributed by atoms with Crippen molar-refractivity contribution in [3.05, 3.63) is 0 Å². The van der Waals surface area contributed by atoms with Gasteiger partial charge in [-0.3, -0.25) is 0 Å². The van der Waals surface area contributed by atoms with Crippen LogP contribution in [0.5, 0.6) is 0 Å². The first-order valence-corrected chi connectivity index (χ1v) is 18.1. The van der Waals surface area contributed by atoms with E-state index < -0.39 is 0 Å². The smallest absolute Gasteiger partial charge is 0.0182 e. The lowest BCUT2D eigenvalue weighted by molar-refractivity contribution is 0.189. The van der Waals surface area contributed by atoms with Crippen molar-refractivity contribution < 1.29 is 0 Å². The Morgan fingerprint density at radius 3 is 0.703 bits per heavy atom. The third-order valence-electron chi connectivity index (χ3n) is 10.2. The number of rotatable bonds is 1. The van der Waals surface area contributed by atoms with Crippen molar-refractivity contribution in [2.45, 2.75) is 224 Å². The Balaban J connectivity index is 1.90. The van der Waals surface area contributed by atoms with E-state index in [0.717, 1.165) is 5.92 Å². The quantitative estimate of drug-likeness (QED) is 0.367. The maximum atomic E-state index is 7.51. The van der Waals surface area contributed by atoms with Gasteiger partial charge < -0.3 is 5.73 Å². The van der Waals surface area contributed by atoms with Crippen LogP contribution in [0.15, 0.2) is 0 Å². The molecule has 0 heterocycles. The number of hydrogen-bond donors (Lipinski definition) is 1. The fourth-order valence-electron chi connectivity index (χ4n) is 7.54. The first kappa shape index (κ1) is 33.2. The molecular weight excluding hydrogens is 446 g/mol. The van der Waals surface area contributed by atoms with Crippen LogP contribution in [0.1, 0.15) is 218 Å². The number of nitrogens with two attached hydrogens (primary N) is 1. The van der Waals surface area contributed by atoms with Crippen LogP contribution in [0, 0.1) is 5.92 Å². The average molecular weight is 518 g/mol. The van der Waals surface area contributed by atoms with Crippen LogP contribution in [0.4, 0.5) is 0 Å². The van der Waals surface area contributed by atoms with Crippen LogP contribution in [0.3, 0.4) is 0 Å². The van der Waals surface area contributed by atoms with Gasteiger partial charge >= 0.3 is 0 Å². The molecule has 1 heteroatoms. The minimum atomic E-state index is 0.117. The van der Waals surface area contributed by atoms with Gasteiger partial charge in [0.25, 0.3) is 0 Å². The summed E-state index contributed by atoms with van der Waals surface area (Å²) < 4.78 is 0. The van der Waals surface area contributed by atoms with Crippen molar-refractivity contribution in [2.24, 2.45) is 11.7 Å². The van der Waals surface area contributed by atoms with E-state index in [-0.39, 0.29) is 5.54 Å². The normalized spacial score (nSPS) is 26.2. The third kappa shape index (κ3) is 18.0. The molecule has 220 valence electrons. The lowest BCUT2D eigenvalue weighted by Gasteiger charge is -2.39. The van der Waals surface area contributed by atoms with Gasteiger partial charge in [0, 0.05) is 5.54 Å². The van der Waals surface area contributed by atoms with Gasteiger partial charge in [-0.05, 0) is 31.6 Å². The van der Waals surface area contributed by atoms with Gasteiger partial charge in [-0.15, -0.1) is 0 Å². The molecule has 37 heavy (non-hydrogen) atoms. The molecule has 2 aliphatic carbocycles. The van der Waals surface area contributed by atoms with E-state index in [1.165, 1.54) is 218 Å². The van der Waals surface area contributed by atoms with Gasteiger partial charge in [0.2, 0.25) is 0 Å². The Kier molecular flexibility index (Phi) is 21.3. The van der Waals surface area contributed by atoms with Crippen molar-refractivity contribution in [3.63, 3.8) is 0 Å². The molecule has 0 aromatic rings. The Hall–Kier alpha value is -0.0400. The summed E-state index contributed by atoms with van der Waals surface area (Å²) in [4.78, 5) is 0. The lowest BCUT2D eigenvalue weighted by atomic mass is 9.72. The van der Waals surface area contributed by atoms with Crippen LogP contribution >= 0.6 is 0 Å². The minimum Gasteiger partial charge on any atom is -0.325 e. The van der Waals surface area contributed by atoms with E-state index in [1.807, 2.05) is 0 Å². The van der Waals surface area contributed by atoms with E-state index in [4.69, 9.17) is 5.73 Å². The highest BCUT2D eigenvalue weighted by Crippen LogP contribution is 2.36. The SMILES string of the molecule is NC1(C2CCCCCCCCCCCCCCCCC2)CCCCCCCCCCCCCCCCC1. The van der Waals surface area contributed by atoms with Gasteiger partial charge in [-0.1, -0.05) is 193 Å². The van der Waals surface area contributed by atoms with Crippen LogP contribution < -0.4 is 5.73 Å². The molecule has 0 bridgehead atoms. The summed E-state index contributed by atoms with van der Waals surface area (Å²) >= 11 is 0. The second-order valence-corrected chi connectivity index (χ2v) is 13.6. The van der Waals surface area contributed by atoms with E-state index in [1.54, 1.807) is 0 Å². The van der Waals surface area contributed by atoms with Crippen LogP contribution in [-0.2, 0) is 0 Å². The predicted molar refractivity (Wildman–Crippen MR) is 167 cm³/mol. The van der Waals surface area contributed by atoms with Gasteiger partial charge in [-0.2, -0.15) is 0 Å². The molecule has 1 nitrogen and oxygen atoms in total. The highest BCUT2D eigenvalue weighted by Gasteiger charge is 2.33. The Bertz CT molecular complexity index is 435. The molecule has 0 saturated heterocycles. The van der Waals surface area contributed by atoms with Crippen molar-refractivity contribution in [1.29, 1.82) is 0 Å². The molecule has 0 radical (unpaired) electrons. The van der Waals surface area contributed by atoms with Crippen LogP contribution in [0.25, 0.3) is 0 Å². The zero-order chi connectivity index (χ0) is 26.1. The van der Waals surface area contributed by atoms with Crippen molar-refractivity contribution in [3.8, 4) is 0 Å². The molecule has 0 amide bonds. The molecule has 0 aliphatic heterocycles. The first-order chi connectivity index (χ1) is 18.3. The summed E-state index contributed by atoms with van der Waals surface area (Å²) in [5.74, 6) is 0.775. The van der Waals surface area contributed by atoms with E-state index in [9.17, 15) is 0 Å². The second-order valence-electron chi connectivity index (χ2n) is 13.6. The first-order valence-electron chi connectivity index (χ1n) is 18.1. The summed E-state index contributed by atoms with van der Waals surface area (Å²) in [6.07, 6.45) is 49.2. The molecule has 2 aliphatic rings. The topological polar surface area (TPSA) is 26.0 Å². The van der Waals surface area contributed by atoms with Gasteiger partial charge in [-0.25, -0.2) is 0 Å². The molecule has 2 rings (SSSR count). The largest absolute Gasteiger partial charge is 0.325 e. The zero-order valence-electron chi connectivity index (χ0n) is 25.7. The predicted octanol–water partition coefficient (Wildman–Crippen LogP) is 12.6. The molecule has 0 aromatic heterocycles. The fourth-order valence-corrected chi connectivity index (χ4v) is 7.54. The molecule has 0 unspecified atom stereocenters. The third-order valence-corrected chi connectivity index (χ3v) is 10.2. The molecule has 0 aromatic carbocycles. The van der Waals surface area contributed by atoms with Crippen LogP contribution in [0.2, 0.25) is 0 Å². The highest BCUT2D eigenvalue weighted by molar-refractivity contribution is 4.91. The van der Waals surface area contributed by atoms with Gasteiger partial charge in [0.05, 0.1) is 0 Å². The molecule has 0 spiro atoms. The van der Waals surface area contributed by atoms with E-state index >= 15 is 0 Å². The molecule has 0 atom stereocenters. The second kappa shape index (κ2) is 23.8. The molecule has 2 saturated carbocycles. The molecular formula is C36H71N. The van der Waals surface area contributed by atoms with Crippen molar-refractivity contribution in [2.75, 3.05) is 0 Å². The van der Waals surface area contributed by atoms with E-state index in [0.29, 0.717) is 0 Å². The van der Waals surface area contributed by atoms with Gasteiger partial charge in [0.1, 0.15) is 0 Å². The minimum absolute atomic E-state index is 0.117. The fraction of sp³-hybridized carbons (Fsp3) is 1.00. The standard InChI is InChI=1S/C36H71N/c37-36(33-29-25-21-17-13-9-5-2-6-10-14-18-22-26-30-34-36)35-31-27-23-19-15-11-7-3-1-4-8-12-16-20-24-28-32-35/h35H,1-34,37H2. The van der Waals surface area contributed by atoms with Gasteiger partial charge in [0.15, 0.2) is 0 Å². The summed E-state index contributed by atoms with van der Waals surface area (Å²) in [7, 11) is 0. The van der Waals surface area contributed by atoms with E-state index in [2.05, 4.69) is 0 Å². The molecule has 2 fully saturated rings. The molecule has 2 N–H and O–H groups in total. The maximum absolute atomic E-state index is 7.51. The summed E-state index contributed by atoms with van der Waals surface area (Å²) in [5, 5.41) is 0. The Labute approximate surface area is 235 Å². The summed E-state index contributed by atoms with van der Waals surface area (Å²) in [6.45, 7) is 0. The average Bonchev–Trinajstić information content (AvgIpc) is 2.90.